The molecule has 1 aromatic rings. The minimum Gasteiger partial charge on any atom is -0.493 e. The summed E-state index contributed by atoms with van der Waals surface area (Å²) in [6.07, 6.45) is 1.15. The van der Waals surface area contributed by atoms with Gasteiger partial charge in [0.15, 0.2) is 11.5 Å². The van der Waals surface area contributed by atoms with Gasteiger partial charge in [0.2, 0.25) is 0 Å². The summed E-state index contributed by atoms with van der Waals surface area (Å²) in [4.78, 5) is 2.46. The third-order valence-electron chi connectivity index (χ3n) is 3.84. The van der Waals surface area contributed by atoms with Crippen LogP contribution in [-0.4, -0.2) is 58.0 Å². The zero-order valence-corrected chi connectivity index (χ0v) is 16.9. The molecule has 0 unspecified atom stereocenters. The Kier molecular flexibility index (Phi) is 10.7. The molecule has 24 heavy (non-hydrogen) atoms. The molecule has 7 heteroatoms. The average molecular weight is 424 g/mol. The smallest absolute Gasteiger partial charge is 0.175 e. The van der Waals surface area contributed by atoms with Gasteiger partial charge in [0.1, 0.15) is 0 Å². The summed E-state index contributed by atoms with van der Waals surface area (Å²) in [7, 11) is 1.67. The van der Waals surface area contributed by atoms with Crippen LogP contribution in [0.3, 0.4) is 0 Å². The molecule has 1 aliphatic heterocycles. The van der Waals surface area contributed by atoms with E-state index in [-0.39, 0.29) is 12.4 Å². The third-order valence-corrected chi connectivity index (χ3v) is 4.43. The van der Waals surface area contributed by atoms with E-state index < -0.39 is 0 Å². The molecule has 0 atom stereocenters. The molecule has 2 rings (SSSR count). The lowest BCUT2D eigenvalue weighted by Gasteiger charge is -2.26. The van der Waals surface area contributed by atoms with Gasteiger partial charge in [-0.05, 0) is 60.1 Å². The number of ether oxygens (including phenoxy) is 3. The molecule has 1 heterocycles. The quantitative estimate of drug-likeness (QED) is 0.618. The van der Waals surface area contributed by atoms with Gasteiger partial charge < -0.3 is 19.5 Å². The van der Waals surface area contributed by atoms with Crippen LogP contribution in [0.4, 0.5) is 0 Å². The first-order chi connectivity index (χ1) is 11.2. The summed E-state index contributed by atoms with van der Waals surface area (Å²) in [5.74, 6) is 1.54. The molecular formula is C17H28BrClN2O3. The Morgan fingerprint density at radius 3 is 2.71 bits per heavy atom. The van der Waals surface area contributed by atoms with Gasteiger partial charge in [-0.3, -0.25) is 4.90 Å². The number of rotatable bonds is 9. The van der Waals surface area contributed by atoms with Crippen molar-refractivity contribution in [3.63, 3.8) is 0 Å². The van der Waals surface area contributed by atoms with Crippen molar-refractivity contribution < 1.29 is 14.2 Å². The van der Waals surface area contributed by atoms with Crippen LogP contribution in [0.1, 0.15) is 18.9 Å². The van der Waals surface area contributed by atoms with Crippen LogP contribution in [0.15, 0.2) is 16.6 Å². The maximum absolute atomic E-state index is 5.62. The lowest BCUT2D eigenvalue weighted by atomic mass is 10.2. The Hall–Kier alpha value is -0.530. The predicted molar refractivity (Wildman–Crippen MR) is 103 cm³/mol. The number of hydrogen-bond acceptors (Lipinski definition) is 5. The molecule has 0 bridgehead atoms. The fraction of sp³-hybridized carbons (Fsp3) is 0.647. The van der Waals surface area contributed by atoms with E-state index in [1.54, 1.807) is 7.11 Å². The summed E-state index contributed by atoms with van der Waals surface area (Å²) >= 11 is 3.56. The Labute approximate surface area is 159 Å². The Morgan fingerprint density at radius 1 is 1.29 bits per heavy atom. The first kappa shape index (κ1) is 21.5. The minimum absolute atomic E-state index is 0. The molecule has 0 spiro atoms. The highest BCUT2D eigenvalue weighted by Gasteiger charge is 2.11. The van der Waals surface area contributed by atoms with E-state index in [4.69, 9.17) is 14.2 Å². The Morgan fingerprint density at radius 2 is 2.04 bits per heavy atom. The summed E-state index contributed by atoms with van der Waals surface area (Å²) in [5.41, 5.74) is 1.18. The summed E-state index contributed by atoms with van der Waals surface area (Å²) in [5, 5.41) is 3.50. The fourth-order valence-electron chi connectivity index (χ4n) is 2.64. The number of halogens is 2. The van der Waals surface area contributed by atoms with E-state index in [0.29, 0.717) is 6.61 Å². The molecule has 138 valence electrons. The van der Waals surface area contributed by atoms with E-state index in [9.17, 15) is 0 Å². The van der Waals surface area contributed by atoms with E-state index in [1.807, 2.05) is 13.0 Å². The van der Waals surface area contributed by atoms with Crippen LogP contribution in [0, 0.1) is 0 Å². The zero-order valence-electron chi connectivity index (χ0n) is 14.5. The Balaban J connectivity index is 0.00000288. The van der Waals surface area contributed by atoms with Crippen LogP contribution in [0.25, 0.3) is 0 Å². The van der Waals surface area contributed by atoms with Crippen LogP contribution >= 0.6 is 28.3 Å². The van der Waals surface area contributed by atoms with Gasteiger partial charge in [0.05, 0.1) is 31.4 Å². The molecule has 1 aliphatic rings. The van der Waals surface area contributed by atoms with E-state index in [2.05, 4.69) is 32.2 Å². The van der Waals surface area contributed by atoms with Crippen molar-refractivity contribution in [2.24, 2.45) is 0 Å². The van der Waals surface area contributed by atoms with Crippen LogP contribution in [0.5, 0.6) is 11.5 Å². The van der Waals surface area contributed by atoms with Gasteiger partial charge in [0, 0.05) is 19.6 Å². The largest absolute Gasteiger partial charge is 0.493 e. The fourth-order valence-corrected chi connectivity index (χ4v) is 3.25. The highest BCUT2D eigenvalue weighted by atomic mass is 79.9. The molecule has 5 nitrogen and oxygen atoms in total. The number of nitrogens with zero attached hydrogens (tertiary/aromatic N) is 1. The lowest BCUT2D eigenvalue weighted by molar-refractivity contribution is 0.0374. The van der Waals surface area contributed by atoms with Crippen molar-refractivity contribution in [3.05, 3.63) is 22.2 Å². The third kappa shape index (κ3) is 6.76. The summed E-state index contributed by atoms with van der Waals surface area (Å²) < 4.78 is 17.3. The average Bonchev–Trinajstić information content (AvgIpc) is 2.57. The van der Waals surface area contributed by atoms with E-state index >= 15 is 0 Å². The van der Waals surface area contributed by atoms with Crippen molar-refractivity contribution in [3.8, 4) is 11.5 Å². The second kappa shape index (κ2) is 11.9. The molecule has 0 saturated carbocycles. The standard InChI is InChI=1S/C17H27BrN2O3.ClH/c1-3-23-17-15(18)11-14(12-16(17)21-2)13-19-5-4-6-20-7-9-22-10-8-20;/h11-12,19H,3-10,13H2,1-2H3;1H. The molecule has 1 fully saturated rings. The molecule has 0 radical (unpaired) electrons. The second-order valence-electron chi connectivity index (χ2n) is 5.53. The Bertz CT molecular complexity index is 485. The van der Waals surface area contributed by atoms with Gasteiger partial charge in [-0.1, -0.05) is 0 Å². The first-order valence-corrected chi connectivity index (χ1v) is 9.04. The maximum atomic E-state index is 5.62. The molecule has 0 aromatic heterocycles. The molecule has 1 aromatic carbocycles. The van der Waals surface area contributed by atoms with E-state index in [1.165, 1.54) is 5.56 Å². The lowest BCUT2D eigenvalue weighted by Crippen LogP contribution is -2.37. The highest BCUT2D eigenvalue weighted by molar-refractivity contribution is 9.10. The number of morpholine rings is 1. The SMILES string of the molecule is CCOc1c(Br)cc(CNCCCN2CCOCC2)cc1OC.Cl. The number of nitrogens with one attached hydrogen (secondary N) is 1. The van der Waals surface area contributed by atoms with Crippen molar-refractivity contribution >= 4 is 28.3 Å². The van der Waals surface area contributed by atoms with Crippen molar-refractivity contribution in [2.75, 3.05) is 53.1 Å². The molecule has 0 aliphatic carbocycles. The maximum Gasteiger partial charge on any atom is 0.175 e. The summed E-state index contributed by atoms with van der Waals surface area (Å²) in [6.45, 7) is 9.40. The molecular weight excluding hydrogens is 396 g/mol. The summed E-state index contributed by atoms with van der Waals surface area (Å²) in [6, 6.07) is 4.12. The van der Waals surface area contributed by atoms with Gasteiger partial charge in [-0.25, -0.2) is 0 Å². The van der Waals surface area contributed by atoms with Gasteiger partial charge in [-0.2, -0.15) is 0 Å². The monoisotopic (exact) mass is 422 g/mol. The van der Waals surface area contributed by atoms with Crippen LogP contribution < -0.4 is 14.8 Å². The minimum atomic E-state index is 0. The second-order valence-corrected chi connectivity index (χ2v) is 6.38. The highest BCUT2D eigenvalue weighted by Crippen LogP contribution is 2.36. The number of methoxy groups -OCH3 is 1. The molecule has 1 N–H and O–H groups in total. The van der Waals surface area contributed by atoms with E-state index in [0.717, 1.165) is 68.3 Å². The van der Waals surface area contributed by atoms with Crippen molar-refractivity contribution in [2.45, 2.75) is 19.9 Å². The first-order valence-electron chi connectivity index (χ1n) is 8.24. The zero-order chi connectivity index (χ0) is 16.5. The van der Waals surface area contributed by atoms with Crippen LogP contribution in [-0.2, 0) is 11.3 Å². The molecule has 0 amide bonds. The molecule has 1 saturated heterocycles. The van der Waals surface area contributed by atoms with Crippen LogP contribution in [0.2, 0.25) is 0 Å². The predicted octanol–water partition coefficient (Wildman–Crippen LogP) is 3.09. The van der Waals surface area contributed by atoms with Gasteiger partial charge in [0.25, 0.3) is 0 Å². The topological polar surface area (TPSA) is 43.0 Å². The van der Waals surface area contributed by atoms with Crippen molar-refractivity contribution in [1.82, 2.24) is 10.2 Å². The van der Waals surface area contributed by atoms with Gasteiger partial charge in [-0.15, -0.1) is 12.4 Å². The van der Waals surface area contributed by atoms with Gasteiger partial charge >= 0.3 is 0 Å². The number of benzene rings is 1. The normalized spacial score (nSPS) is 15.0. The van der Waals surface area contributed by atoms with Crippen molar-refractivity contribution in [1.29, 1.82) is 0 Å². The number of hydrogen-bond donors (Lipinski definition) is 1.